The first-order chi connectivity index (χ1) is 6.21. The van der Waals surface area contributed by atoms with Crippen LogP contribution < -0.4 is 0 Å². The van der Waals surface area contributed by atoms with Gasteiger partial charge in [-0.3, -0.25) is 0 Å². The average molecular weight is 324 g/mol. The SMILES string of the molecule is Cl.Cl.[CH3][Zr]([CH3])([C]1=CC=CC1)[C]1=CC=CC1. The summed E-state index contributed by atoms with van der Waals surface area (Å²) in [6, 6.07) is 0. The molecule has 0 atom stereocenters. The molecular formula is C12H18Cl2Zr. The standard InChI is InChI=1S/2C5H5.2CH3.2ClH.Zr/c2*1-2-4-5-3-1;;;;;/h2*1-3H,4H2;2*1H3;2*1H;. The molecule has 0 aliphatic heterocycles. The van der Waals surface area contributed by atoms with Gasteiger partial charge in [-0.1, -0.05) is 0 Å². The van der Waals surface area contributed by atoms with E-state index in [1.54, 1.807) is 6.56 Å². The third-order valence-electron chi connectivity index (χ3n) is 3.15. The van der Waals surface area contributed by atoms with Crippen LogP contribution in [0.25, 0.3) is 0 Å². The Morgan fingerprint density at radius 2 is 1.27 bits per heavy atom. The van der Waals surface area contributed by atoms with E-state index >= 15 is 0 Å². The van der Waals surface area contributed by atoms with Crippen LogP contribution in [-0.4, -0.2) is 0 Å². The Balaban J connectivity index is 0.000000980. The molecule has 0 saturated carbocycles. The van der Waals surface area contributed by atoms with Gasteiger partial charge in [-0.15, -0.1) is 24.8 Å². The van der Waals surface area contributed by atoms with Crippen LogP contribution in [0.2, 0.25) is 9.26 Å². The Morgan fingerprint density at radius 1 is 0.867 bits per heavy atom. The van der Waals surface area contributed by atoms with Crippen LogP contribution in [0.5, 0.6) is 0 Å². The van der Waals surface area contributed by atoms with E-state index in [-0.39, 0.29) is 24.8 Å². The molecule has 0 bridgehead atoms. The summed E-state index contributed by atoms with van der Waals surface area (Å²) in [5.74, 6) is 0. The Kier molecular flexibility index (Phi) is 6.41. The summed E-state index contributed by atoms with van der Waals surface area (Å²) in [4.78, 5) is 0. The minimum absolute atomic E-state index is 0. The fourth-order valence-corrected chi connectivity index (χ4v) is 8.65. The number of hydrogen-bond donors (Lipinski definition) is 0. The predicted octanol–water partition coefficient (Wildman–Crippen LogP) is 4.77. The van der Waals surface area contributed by atoms with E-state index in [0.29, 0.717) is 0 Å². The zero-order valence-electron chi connectivity index (χ0n) is 9.19. The quantitative estimate of drug-likeness (QED) is 0.686. The van der Waals surface area contributed by atoms with Crippen molar-refractivity contribution in [3.8, 4) is 0 Å². The number of hydrogen-bond acceptors (Lipinski definition) is 0. The molecule has 0 aromatic heterocycles. The molecule has 0 N–H and O–H groups in total. The van der Waals surface area contributed by atoms with Gasteiger partial charge in [-0.05, 0) is 0 Å². The Morgan fingerprint density at radius 3 is 1.53 bits per heavy atom. The Labute approximate surface area is 109 Å². The summed E-state index contributed by atoms with van der Waals surface area (Å²) in [6.07, 6.45) is 16.2. The van der Waals surface area contributed by atoms with Crippen molar-refractivity contribution in [3.63, 3.8) is 0 Å². The Hall–Kier alpha value is 0.423. The molecule has 0 aromatic rings. The molecule has 0 amide bonds. The van der Waals surface area contributed by atoms with Gasteiger partial charge in [0.05, 0.1) is 0 Å². The summed E-state index contributed by atoms with van der Waals surface area (Å²) >= 11 is -2.01. The molecule has 0 heterocycles. The molecule has 84 valence electrons. The monoisotopic (exact) mass is 322 g/mol. The summed E-state index contributed by atoms with van der Waals surface area (Å²) in [5.41, 5.74) is 0. The zero-order chi connectivity index (χ0) is 9.31. The maximum atomic E-state index is 2.53. The van der Waals surface area contributed by atoms with Crippen molar-refractivity contribution < 1.29 is 20.3 Å². The van der Waals surface area contributed by atoms with Crippen LogP contribution in [-0.2, 0) is 20.3 Å². The van der Waals surface area contributed by atoms with Crippen molar-refractivity contribution in [2.24, 2.45) is 0 Å². The van der Waals surface area contributed by atoms with Gasteiger partial charge in [-0.25, -0.2) is 0 Å². The minimum atomic E-state index is -2.01. The molecule has 0 unspecified atom stereocenters. The van der Waals surface area contributed by atoms with Crippen molar-refractivity contribution in [1.29, 1.82) is 0 Å². The topological polar surface area (TPSA) is 0 Å². The Bertz CT molecular complexity index is 304. The second kappa shape index (κ2) is 6.23. The van der Waals surface area contributed by atoms with E-state index in [9.17, 15) is 0 Å². The van der Waals surface area contributed by atoms with Gasteiger partial charge in [0.15, 0.2) is 0 Å². The van der Waals surface area contributed by atoms with Crippen LogP contribution in [0, 0.1) is 0 Å². The van der Waals surface area contributed by atoms with Gasteiger partial charge in [0.1, 0.15) is 0 Å². The predicted molar refractivity (Wildman–Crippen MR) is 69.9 cm³/mol. The summed E-state index contributed by atoms with van der Waals surface area (Å²) in [5, 5.41) is 0. The van der Waals surface area contributed by atoms with Gasteiger partial charge >= 0.3 is 85.4 Å². The van der Waals surface area contributed by atoms with E-state index in [1.165, 1.54) is 12.8 Å². The third-order valence-corrected chi connectivity index (χ3v) is 12.9. The first kappa shape index (κ1) is 15.4. The molecule has 0 radical (unpaired) electrons. The molecule has 2 aliphatic carbocycles. The first-order valence-electron chi connectivity index (χ1n) is 4.93. The maximum absolute atomic E-state index is 2.53. The van der Waals surface area contributed by atoms with Crippen molar-refractivity contribution in [2.75, 3.05) is 0 Å². The van der Waals surface area contributed by atoms with Crippen molar-refractivity contribution in [1.82, 2.24) is 0 Å². The molecule has 0 spiro atoms. The second-order valence-corrected chi connectivity index (χ2v) is 15.4. The van der Waals surface area contributed by atoms with Crippen molar-refractivity contribution in [2.45, 2.75) is 22.1 Å². The fraction of sp³-hybridized carbons (Fsp3) is 0.333. The van der Waals surface area contributed by atoms with E-state index in [1.807, 2.05) is 0 Å². The van der Waals surface area contributed by atoms with Crippen molar-refractivity contribution in [3.05, 3.63) is 43.0 Å². The zero-order valence-corrected chi connectivity index (χ0v) is 13.3. The number of allylic oxidation sites excluding steroid dienone is 8. The first-order valence-corrected chi connectivity index (χ1v) is 12.3. The molecule has 15 heavy (non-hydrogen) atoms. The normalized spacial score (nSPS) is 18.0. The van der Waals surface area contributed by atoms with Gasteiger partial charge in [-0.2, -0.15) is 0 Å². The van der Waals surface area contributed by atoms with Gasteiger partial charge < -0.3 is 0 Å². The average Bonchev–Trinajstić information content (AvgIpc) is 2.78. The summed E-state index contributed by atoms with van der Waals surface area (Å²) in [7, 11) is 0. The van der Waals surface area contributed by atoms with E-state index in [4.69, 9.17) is 0 Å². The molecule has 3 heteroatoms. The van der Waals surface area contributed by atoms with Crippen LogP contribution in [0.1, 0.15) is 12.8 Å². The number of rotatable bonds is 2. The molecular weight excluding hydrogens is 306 g/mol. The summed E-state index contributed by atoms with van der Waals surface area (Å²) in [6.45, 7) is 0. The number of halogens is 2. The van der Waals surface area contributed by atoms with Gasteiger partial charge in [0.2, 0.25) is 0 Å². The molecule has 2 aliphatic rings. The van der Waals surface area contributed by atoms with Crippen LogP contribution >= 0.6 is 24.8 Å². The molecule has 0 saturated heterocycles. The van der Waals surface area contributed by atoms with Gasteiger partial charge in [0, 0.05) is 0 Å². The second-order valence-electron chi connectivity index (χ2n) is 4.27. The van der Waals surface area contributed by atoms with Gasteiger partial charge in [0.25, 0.3) is 0 Å². The fourth-order valence-electron chi connectivity index (χ4n) is 2.03. The van der Waals surface area contributed by atoms with E-state index < -0.39 is 20.3 Å². The van der Waals surface area contributed by atoms with E-state index in [0.717, 1.165) is 0 Å². The summed E-state index contributed by atoms with van der Waals surface area (Å²) < 4.78 is 8.58. The van der Waals surface area contributed by atoms with E-state index in [2.05, 4.69) is 45.7 Å². The van der Waals surface area contributed by atoms with Crippen LogP contribution in [0.3, 0.4) is 0 Å². The van der Waals surface area contributed by atoms with Crippen LogP contribution in [0.4, 0.5) is 0 Å². The molecule has 0 nitrogen and oxygen atoms in total. The molecule has 0 aromatic carbocycles. The third kappa shape index (κ3) is 3.19. The molecule has 2 rings (SSSR count). The van der Waals surface area contributed by atoms with Crippen LogP contribution in [0.15, 0.2) is 43.0 Å². The molecule has 0 fully saturated rings. The van der Waals surface area contributed by atoms with Crippen molar-refractivity contribution >= 4 is 24.8 Å².